The van der Waals surface area contributed by atoms with E-state index in [1.807, 2.05) is 31.3 Å². The maximum Gasteiger partial charge on any atom is 0.190 e. The minimum atomic E-state index is 0.768. The molecule has 156 valence electrons. The van der Waals surface area contributed by atoms with Crippen molar-refractivity contribution in [2.45, 2.75) is 13.5 Å². The van der Waals surface area contributed by atoms with E-state index in [1.54, 1.807) is 6.20 Å². The molecule has 0 fully saturated rings. The summed E-state index contributed by atoms with van der Waals surface area (Å²) in [6.07, 6.45) is 7.96. The third-order valence-electron chi connectivity index (χ3n) is 5.39. The molecule has 0 atom stereocenters. The highest BCUT2D eigenvalue weighted by atomic mass is 32.1. The lowest BCUT2D eigenvalue weighted by Crippen LogP contribution is -1.99. The van der Waals surface area contributed by atoms with Crippen LogP contribution in [0.15, 0.2) is 73.3 Å². The number of aromatic nitrogens is 6. The zero-order valence-electron chi connectivity index (χ0n) is 17.3. The molecule has 0 unspecified atom stereocenters. The highest BCUT2D eigenvalue weighted by Gasteiger charge is 2.11. The van der Waals surface area contributed by atoms with Crippen molar-refractivity contribution in [2.24, 2.45) is 0 Å². The molecule has 0 aliphatic rings. The number of hydrogen-bond donors (Lipinski definition) is 2. The highest BCUT2D eigenvalue weighted by Crippen LogP contribution is 2.29. The predicted molar refractivity (Wildman–Crippen MR) is 128 cm³/mol. The summed E-state index contributed by atoms with van der Waals surface area (Å²) >= 11 is 1.51. The lowest BCUT2D eigenvalue weighted by atomic mass is 10.2. The Labute approximate surface area is 187 Å². The Morgan fingerprint density at radius 1 is 1.03 bits per heavy atom. The van der Waals surface area contributed by atoms with Crippen LogP contribution in [0.1, 0.15) is 11.3 Å². The molecule has 8 heteroatoms. The third-order valence-corrected chi connectivity index (χ3v) is 6.27. The van der Waals surface area contributed by atoms with Gasteiger partial charge in [0.2, 0.25) is 0 Å². The zero-order valence-corrected chi connectivity index (χ0v) is 18.1. The van der Waals surface area contributed by atoms with E-state index < -0.39 is 0 Å². The van der Waals surface area contributed by atoms with E-state index in [0.29, 0.717) is 0 Å². The van der Waals surface area contributed by atoms with Crippen LogP contribution in [0.4, 0.5) is 10.9 Å². The molecule has 0 bridgehead atoms. The number of anilines is 2. The Kier molecular flexibility index (Phi) is 4.43. The van der Waals surface area contributed by atoms with Crippen molar-refractivity contribution in [3.8, 4) is 11.3 Å². The van der Waals surface area contributed by atoms with Gasteiger partial charge in [0.15, 0.2) is 5.13 Å². The summed E-state index contributed by atoms with van der Waals surface area (Å²) in [5, 5.41) is 13.6. The molecule has 5 aromatic heterocycles. The third kappa shape index (κ3) is 3.50. The van der Waals surface area contributed by atoms with Crippen LogP contribution in [0, 0.1) is 6.92 Å². The zero-order chi connectivity index (χ0) is 21.5. The molecule has 1 aromatic carbocycles. The van der Waals surface area contributed by atoms with Gasteiger partial charge in [0.25, 0.3) is 0 Å². The monoisotopic (exact) mass is 437 g/mol. The summed E-state index contributed by atoms with van der Waals surface area (Å²) in [4.78, 5) is 14.8. The molecule has 5 heterocycles. The summed E-state index contributed by atoms with van der Waals surface area (Å²) in [6, 6.07) is 16.5. The Bertz CT molecular complexity index is 1530. The molecule has 0 saturated carbocycles. The number of fused-ring (bicyclic) bond motifs is 2. The van der Waals surface area contributed by atoms with Gasteiger partial charge in [0.05, 0.1) is 11.9 Å². The molecule has 0 spiro atoms. The van der Waals surface area contributed by atoms with Crippen molar-refractivity contribution in [1.82, 2.24) is 29.7 Å². The van der Waals surface area contributed by atoms with Crippen LogP contribution in [-0.4, -0.2) is 29.7 Å². The second kappa shape index (κ2) is 7.58. The Hall–Kier alpha value is -4.04. The average Bonchev–Trinajstić information content (AvgIpc) is 3.50. The van der Waals surface area contributed by atoms with E-state index >= 15 is 0 Å². The van der Waals surface area contributed by atoms with Crippen molar-refractivity contribution in [3.63, 3.8) is 0 Å². The summed E-state index contributed by atoms with van der Waals surface area (Å²) in [5.41, 5.74) is 4.91. The fourth-order valence-corrected chi connectivity index (χ4v) is 4.67. The summed E-state index contributed by atoms with van der Waals surface area (Å²) in [6.45, 7) is 2.77. The second-order valence-corrected chi connectivity index (χ2v) is 8.66. The fourth-order valence-electron chi connectivity index (χ4n) is 3.82. The van der Waals surface area contributed by atoms with Gasteiger partial charge in [0.1, 0.15) is 16.2 Å². The van der Waals surface area contributed by atoms with Crippen molar-refractivity contribution in [3.05, 3.63) is 84.6 Å². The van der Waals surface area contributed by atoms with Gasteiger partial charge in [-0.25, -0.2) is 15.0 Å². The van der Waals surface area contributed by atoms with E-state index in [4.69, 9.17) is 4.98 Å². The van der Waals surface area contributed by atoms with Crippen molar-refractivity contribution in [1.29, 1.82) is 0 Å². The van der Waals surface area contributed by atoms with Gasteiger partial charge in [-0.3, -0.25) is 5.10 Å². The lowest BCUT2D eigenvalue weighted by Gasteiger charge is -2.06. The highest BCUT2D eigenvalue weighted by molar-refractivity contribution is 7.21. The molecule has 32 heavy (non-hydrogen) atoms. The summed E-state index contributed by atoms with van der Waals surface area (Å²) < 4.78 is 2.20. The van der Waals surface area contributed by atoms with Gasteiger partial charge < -0.3 is 9.88 Å². The molecular weight excluding hydrogens is 418 g/mol. The summed E-state index contributed by atoms with van der Waals surface area (Å²) in [7, 11) is 0. The first-order valence-electron chi connectivity index (χ1n) is 10.3. The van der Waals surface area contributed by atoms with E-state index in [9.17, 15) is 0 Å². The van der Waals surface area contributed by atoms with E-state index in [-0.39, 0.29) is 0 Å². The van der Waals surface area contributed by atoms with E-state index in [1.165, 1.54) is 27.7 Å². The molecule has 2 N–H and O–H groups in total. The Morgan fingerprint density at radius 2 is 1.88 bits per heavy atom. The predicted octanol–water partition coefficient (Wildman–Crippen LogP) is 5.53. The molecule has 6 rings (SSSR count). The second-order valence-electron chi connectivity index (χ2n) is 7.68. The first-order chi connectivity index (χ1) is 15.7. The van der Waals surface area contributed by atoms with Gasteiger partial charge in [-0.1, -0.05) is 35.6 Å². The van der Waals surface area contributed by atoms with Crippen LogP contribution < -0.4 is 5.32 Å². The van der Waals surface area contributed by atoms with Crippen molar-refractivity contribution in [2.75, 3.05) is 5.32 Å². The van der Waals surface area contributed by atoms with Gasteiger partial charge in [-0.2, -0.15) is 5.10 Å². The van der Waals surface area contributed by atoms with Crippen LogP contribution >= 0.6 is 11.3 Å². The molecule has 0 radical (unpaired) electrons. The van der Waals surface area contributed by atoms with Crippen LogP contribution in [0.25, 0.3) is 32.4 Å². The van der Waals surface area contributed by atoms with E-state index in [0.717, 1.165) is 44.8 Å². The van der Waals surface area contributed by atoms with Crippen LogP contribution in [-0.2, 0) is 6.54 Å². The van der Waals surface area contributed by atoms with Crippen LogP contribution in [0.2, 0.25) is 0 Å². The minimum absolute atomic E-state index is 0.768. The molecule has 0 amide bonds. The number of rotatable bonds is 5. The van der Waals surface area contributed by atoms with Gasteiger partial charge in [-0.05, 0) is 47.5 Å². The first kappa shape index (κ1) is 18.7. The van der Waals surface area contributed by atoms with Gasteiger partial charge in [-0.15, -0.1) is 0 Å². The van der Waals surface area contributed by atoms with Crippen LogP contribution in [0.5, 0.6) is 0 Å². The summed E-state index contributed by atoms with van der Waals surface area (Å²) in [5.74, 6) is 0.768. The quantitative estimate of drug-likeness (QED) is 0.370. The number of nitrogens with zero attached hydrogens (tertiary/aromatic N) is 5. The topological polar surface area (TPSA) is 84.3 Å². The Morgan fingerprint density at radius 3 is 2.66 bits per heavy atom. The molecule has 7 nitrogen and oxygen atoms in total. The number of H-pyrrole nitrogens is 1. The standard InChI is InChI=1S/C24H19N7S/c1-15-19(11-26-30-15)20-6-7-21-23(27-20)32-24(28-21)29-22-10-16(8-9-25-22)12-31-13-17-4-2-3-5-18(17)14-31/h2-11,13-14H,12H2,1H3,(H,26,30)(H,25,28,29). The maximum atomic E-state index is 4.77. The number of nitrogens with one attached hydrogen (secondary N) is 2. The van der Waals surface area contributed by atoms with E-state index in [2.05, 4.69) is 72.8 Å². The van der Waals surface area contributed by atoms with Gasteiger partial charge in [0, 0.05) is 36.4 Å². The number of pyridine rings is 2. The first-order valence-corrected chi connectivity index (χ1v) is 11.1. The largest absolute Gasteiger partial charge is 0.349 e. The molecular formula is C24H19N7S. The molecule has 0 saturated heterocycles. The van der Waals surface area contributed by atoms with Crippen molar-refractivity contribution < 1.29 is 0 Å². The number of aryl methyl sites for hydroxylation is 1. The smallest absolute Gasteiger partial charge is 0.190 e. The van der Waals surface area contributed by atoms with Crippen molar-refractivity contribution >= 4 is 43.4 Å². The number of thiazole rings is 1. The lowest BCUT2D eigenvalue weighted by molar-refractivity contribution is 0.809. The van der Waals surface area contributed by atoms with Gasteiger partial charge >= 0.3 is 0 Å². The Balaban J connectivity index is 1.24. The molecule has 0 aliphatic carbocycles. The number of hydrogen-bond acceptors (Lipinski definition) is 6. The number of aromatic amines is 1. The SMILES string of the molecule is Cc1[nH]ncc1-c1ccc2nc(Nc3cc(Cn4cc5ccccc5c4)ccn3)sc2n1. The number of benzene rings is 1. The molecule has 0 aliphatic heterocycles. The molecule has 6 aromatic rings. The van der Waals surface area contributed by atoms with Crippen LogP contribution in [0.3, 0.4) is 0 Å². The fraction of sp³-hybridized carbons (Fsp3) is 0.0833. The maximum absolute atomic E-state index is 4.77. The minimum Gasteiger partial charge on any atom is -0.349 e. The normalized spacial score (nSPS) is 11.4. The average molecular weight is 438 g/mol.